The molecular formula is C10H15ClINO. The van der Waals surface area contributed by atoms with Crippen molar-refractivity contribution < 1.29 is 5.11 Å². The highest BCUT2D eigenvalue weighted by atomic mass is 127. The van der Waals surface area contributed by atoms with Gasteiger partial charge in [0.15, 0.2) is 0 Å². The molecule has 80 valence electrons. The summed E-state index contributed by atoms with van der Waals surface area (Å²) < 4.78 is 1.20. The van der Waals surface area contributed by atoms with E-state index in [4.69, 9.17) is 5.73 Å². The van der Waals surface area contributed by atoms with Gasteiger partial charge in [0, 0.05) is 9.61 Å². The van der Waals surface area contributed by atoms with Crippen molar-refractivity contribution in [2.45, 2.75) is 25.5 Å². The van der Waals surface area contributed by atoms with Gasteiger partial charge in [-0.3, -0.25) is 0 Å². The second-order valence-corrected chi connectivity index (χ2v) is 4.48. The molecule has 1 aromatic rings. The summed E-state index contributed by atoms with van der Waals surface area (Å²) in [4.78, 5) is 0. The van der Waals surface area contributed by atoms with Gasteiger partial charge in [0.1, 0.15) is 0 Å². The highest BCUT2D eigenvalue weighted by Gasteiger charge is 2.09. The molecule has 4 heteroatoms. The van der Waals surface area contributed by atoms with Crippen LogP contribution >= 0.6 is 35.0 Å². The van der Waals surface area contributed by atoms with Crippen molar-refractivity contribution in [3.05, 3.63) is 33.4 Å². The van der Waals surface area contributed by atoms with E-state index in [1.165, 1.54) is 9.13 Å². The minimum atomic E-state index is -0.446. The van der Waals surface area contributed by atoms with E-state index in [1.54, 1.807) is 6.92 Å². The van der Waals surface area contributed by atoms with Crippen LogP contribution in [0.4, 0.5) is 0 Å². The van der Waals surface area contributed by atoms with E-state index in [2.05, 4.69) is 28.7 Å². The van der Waals surface area contributed by atoms with E-state index in [0.29, 0.717) is 0 Å². The fraction of sp³-hybridized carbons (Fsp3) is 0.400. The molecule has 0 aromatic heterocycles. The molecule has 0 aliphatic carbocycles. The number of hydrogen-bond acceptors (Lipinski definition) is 2. The molecule has 0 unspecified atom stereocenters. The Balaban J connectivity index is 0.00000169. The fourth-order valence-electron chi connectivity index (χ4n) is 1.11. The number of halogens is 2. The fourth-order valence-corrected chi connectivity index (χ4v) is 1.71. The Morgan fingerprint density at radius 3 is 2.64 bits per heavy atom. The minimum Gasteiger partial charge on any atom is -0.392 e. The first-order valence-electron chi connectivity index (χ1n) is 4.27. The van der Waals surface area contributed by atoms with Crippen molar-refractivity contribution in [1.82, 2.24) is 0 Å². The predicted octanol–water partition coefficient (Wildman–Crippen LogP) is 1.96. The molecule has 0 aliphatic rings. The van der Waals surface area contributed by atoms with Gasteiger partial charge >= 0.3 is 0 Å². The molecule has 0 saturated carbocycles. The van der Waals surface area contributed by atoms with Crippen molar-refractivity contribution in [2.75, 3.05) is 0 Å². The van der Waals surface area contributed by atoms with E-state index < -0.39 is 6.10 Å². The lowest BCUT2D eigenvalue weighted by molar-refractivity contribution is 0.163. The van der Waals surface area contributed by atoms with Crippen molar-refractivity contribution in [1.29, 1.82) is 0 Å². The van der Waals surface area contributed by atoms with Crippen LogP contribution in [0.15, 0.2) is 24.3 Å². The molecule has 0 radical (unpaired) electrons. The summed E-state index contributed by atoms with van der Waals surface area (Å²) in [5.74, 6) is 0. The third kappa shape index (κ3) is 4.59. The lowest BCUT2D eigenvalue weighted by Crippen LogP contribution is -2.34. The van der Waals surface area contributed by atoms with Crippen molar-refractivity contribution in [3.8, 4) is 0 Å². The highest BCUT2D eigenvalue weighted by molar-refractivity contribution is 14.1. The van der Waals surface area contributed by atoms with Crippen LogP contribution in [0.25, 0.3) is 0 Å². The van der Waals surface area contributed by atoms with Gasteiger partial charge in [-0.1, -0.05) is 12.1 Å². The summed E-state index contributed by atoms with van der Waals surface area (Å²) in [5.41, 5.74) is 6.93. The molecule has 0 saturated heterocycles. The van der Waals surface area contributed by atoms with E-state index in [0.717, 1.165) is 6.42 Å². The van der Waals surface area contributed by atoms with Gasteiger partial charge in [0.25, 0.3) is 0 Å². The first kappa shape index (κ1) is 14.2. The number of benzene rings is 1. The summed E-state index contributed by atoms with van der Waals surface area (Å²) >= 11 is 2.27. The summed E-state index contributed by atoms with van der Waals surface area (Å²) in [5, 5.41) is 9.22. The molecule has 0 aliphatic heterocycles. The zero-order valence-electron chi connectivity index (χ0n) is 7.98. The number of rotatable bonds is 3. The van der Waals surface area contributed by atoms with Crippen LogP contribution in [0.5, 0.6) is 0 Å². The van der Waals surface area contributed by atoms with Crippen LogP contribution in [0.2, 0.25) is 0 Å². The summed E-state index contributed by atoms with van der Waals surface area (Å²) in [7, 11) is 0. The van der Waals surface area contributed by atoms with Gasteiger partial charge in [-0.2, -0.15) is 0 Å². The van der Waals surface area contributed by atoms with Gasteiger partial charge in [0.2, 0.25) is 0 Å². The SMILES string of the molecule is C[C@H](O)[C@H](N)Cc1cccc(I)c1.Cl. The molecule has 1 rings (SSSR count). The normalized spacial score (nSPS) is 14.3. The second kappa shape index (κ2) is 6.61. The Hall–Kier alpha value is 0.160. The number of hydrogen-bond donors (Lipinski definition) is 2. The lowest BCUT2D eigenvalue weighted by atomic mass is 10.0. The number of aliphatic hydroxyl groups excluding tert-OH is 1. The lowest BCUT2D eigenvalue weighted by Gasteiger charge is -2.14. The number of nitrogens with two attached hydrogens (primary N) is 1. The Morgan fingerprint density at radius 2 is 2.14 bits per heavy atom. The van der Waals surface area contributed by atoms with E-state index in [1.807, 2.05) is 18.2 Å². The first-order chi connectivity index (χ1) is 6.09. The molecule has 0 amide bonds. The Kier molecular flexibility index (Phi) is 6.68. The van der Waals surface area contributed by atoms with Gasteiger partial charge < -0.3 is 10.8 Å². The van der Waals surface area contributed by atoms with Crippen LogP contribution in [-0.4, -0.2) is 17.3 Å². The van der Waals surface area contributed by atoms with Gasteiger partial charge in [-0.15, -0.1) is 12.4 Å². The quantitative estimate of drug-likeness (QED) is 0.834. The van der Waals surface area contributed by atoms with E-state index >= 15 is 0 Å². The third-order valence-electron chi connectivity index (χ3n) is 1.98. The van der Waals surface area contributed by atoms with E-state index in [9.17, 15) is 5.11 Å². The standard InChI is InChI=1S/C10H14INO.ClH/c1-7(13)10(12)6-8-3-2-4-9(11)5-8;/h2-5,7,10,13H,6,12H2,1H3;1H/t7-,10+;/m0./s1. The van der Waals surface area contributed by atoms with Crippen LogP contribution in [0.3, 0.4) is 0 Å². The molecule has 2 atom stereocenters. The Bertz CT molecular complexity index is 281. The van der Waals surface area contributed by atoms with Crippen molar-refractivity contribution >= 4 is 35.0 Å². The maximum absolute atomic E-state index is 9.22. The zero-order chi connectivity index (χ0) is 9.84. The average Bonchev–Trinajstić information content (AvgIpc) is 2.04. The van der Waals surface area contributed by atoms with Crippen LogP contribution < -0.4 is 5.73 Å². The topological polar surface area (TPSA) is 46.2 Å². The number of aliphatic hydroxyl groups is 1. The molecule has 2 nitrogen and oxygen atoms in total. The monoisotopic (exact) mass is 327 g/mol. The molecule has 3 N–H and O–H groups in total. The zero-order valence-corrected chi connectivity index (χ0v) is 11.0. The highest BCUT2D eigenvalue weighted by Crippen LogP contribution is 2.10. The maximum Gasteiger partial charge on any atom is 0.0666 e. The summed E-state index contributed by atoms with van der Waals surface area (Å²) in [6.07, 6.45) is 0.284. The second-order valence-electron chi connectivity index (χ2n) is 3.24. The van der Waals surface area contributed by atoms with Gasteiger partial charge in [0.05, 0.1) is 6.10 Å². The van der Waals surface area contributed by atoms with Crippen LogP contribution in [-0.2, 0) is 6.42 Å². The summed E-state index contributed by atoms with van der Waals surface area (Å²) in [6, 6.07) is 8.00. The molecule has 0 fully saturated rings. The molecule has 14 heavy (non-hydrogen) atoms. The largest absolute Gasteiger partial charge is 0.392 e. The van der Waals surface area contributed by atoms with E-state index in [-0.39, 0.29) is 18.4 Å². The third-order valence-corrected chi connectivity index (χ3v) is 2.65. The molecule has 0 bridgehead atoms. The van der Waals surface area contributed by atoms with Gasteiger partial charge in [-0.05, 0) is 53.6 Å². The maximum atomic E-state index is 9.22. The smallest absolute Gasteiger partial charge is 0.0666 e. The Labute approximate surface area is 104 Å². The predicted molar refractivity (Wildman–Crippen MR) is 69.8 cm³/mol. The summed E-state index contributed by atoms with van der Waals surface area (Å²) in [6.45, 7) is 1.72. The van der Waals surface area contributed by atoms with Crippen molar-refractivity contribution in [2.24, 2.45) is 5.73 Å². The molecule has 0 heterocycles. The van der Waals surface area contributed by atoms with Crippen LogP contribution in [0, 0.1) is 3.57 Å². The molecule has 0 spiro atoms. The minimum absolute atomic E-state index is 0. The van der Waals surface area contributed by atoms with Crippen molar-refractivity contribution in [3.63, 3.8) is 0 Å². The van der Waals surface area contributed by atoms with Gasteiger partial charge in [-0.25, -0.2) is 0 Å². The molecule has 1 aromatic carbocycles. The average molecular weight is 328 g/mol. The van der Waals surface area contributed by atoms with Crippen LogP contribution in [0.1, 0.15) is 12.5 Å². The Morgan fingerprint density at radius 1 is 1.50 bits per heavy atom. The first-order valence-corrected chi connectivity index (χ1v) is 5.35. The molecular weight excluding hydrogens is 312 g/mol.